The predicted octanol–water partition coefficient (Wildman–Crippen LogP) is 5.00. The summed E-state index contributed by atoms with van der Waals surface area (Å²) in [4.78, 5) is 12.7. The lowest BCUT2D eigenvalue weighted by Crippen LogP contribution is -2.33. The fraction of sp³-hybridized carbons (Fsp3) is 0.353. The highest BCUT2D eigenvalue weighted by Gasteiger charge is 2.18. The standard InChI is InChI=1S/C17H18ClN3O2S2/c1-3-6-10(2)19-13(22)9-24-17-21-20-16(23-17)15-14(18)11-7-4-5-8-12(11)25-15/h4-5,7-8,10H,3,6,9H2,1-2H3,(H,19,22). The van der Waals surface area contributed by atoms with E-state index in [-0.39, 0.29) is 17.7 Å². The molecule has 1 atom stereocenters. The molecule has 25 heavy (non-hydrogen) atoms. The van der Waals surface area contributed by atoms with E-state index in [1.54, 1.807) is 0 Å². The summed E-state index contributed by atoms with van der Waals surface area (Å²) in [6, 6.07) is 8.05. The highest BCUT2D eigenvalue weighted by molar-refractivity contribution is 7.99. The van der Waals surface area contributed by atoms with Crippen molar-refractivity contribution in [3.05, 3.63) is 29.3 Å². The second-order valence-electron chi connectivity index (χ2n) is 5.66. The molecule has 1 aromatic carbocycles. The molecule has 0 aliphatic carbocycles. The van der Waals surface area contributed by atoms with E-state index in [0.717, 1.165) is 27.8 Å². The number of thiophene rings is 1. The van der Waals surface area contributed by atoms with Crippen LogP contribution in [0.5, 0.6) is 0 Å². The van der Waals surface area contributed by atoms with Gasteiger partial charge in [0, 0.05) is 16.1 Å². The van der Waals surface area contributed by atoms with Gasteiger partial charge in [0.1, 0.15) is 4.88 Å². The Bertz CT molecular complexity index is 878. The molecule has 5 nitrogen and oxygen atoms in total. The van der Waals surface area contributed by atoms with E-state index in [2.05, 4.69) is 22.4 Å². The van der Waals surface area contributed by atoms with Crippen LogP contribution in [-0.2, 0) is 4.79 Å². The quantitative estimate of drug-likeness (QED) is 0.570. The average Bonchev–Trinajstić information content (AvgIpc) is 3.18. The summed E-state index contributed by atoms with van der Waals surface area (Å²) in [5, 5.41) is 13.0. The molecule has 3 rings (SSSR count). The zero-order valence-corrected chi connectivity index (χ0v) is 16.3. The third-order valence-electron chi connectivity index (χ3n) is 3.59. The summed E-state index contributed by atoms with van der Waals surface area (Å²) in [5.41, 5.74) is 0. The third kappa shape index (κ3) is 4.34. The van der Waals surface area contributed by atoms with Crippen molar-refractivity contribution in [2.24, 2.45) is 0 Å². The summed E-state index contributed by atoms with van der Waals surface area (Å²) in [6.07, 6.45) is 2.00. The van der Waals surface area contributed by atoms with E-state index in [9.17, 15) is 4.79 Å². The largest absolute Gasteiger partial charge is 0.410 e. The molecular formula is C17H18ClN3O2S2. The molecule has 0 saturated heterocycles. The van der Waals surface area contributed by atoms with Crippen LogP contribution in [0.2, 0.25) is 5.02 Å². The number of aromatic nitrogens is 2. The monoisotopic (exact) mass is 395 g/mol. The number of hydrogen-bond acceptors (Lipinski definition) is 6. The highest BCUT2D eigenvalue weighted by Crippen LogP contribution is 2.41. The Balaban J connectivity index is 1.66. The van der Waals surface area contributed by atoms with Gasteiger partial charge in [-0.3, -0.25) is 4.79 Å². The molecule has 1 unspecified atom stereocenters. The van der Waals surface area contributed by atoms with Crippen LogP contribution >= 0.6 is 34.7 Å². The summed E-state index contributed by atoms with van der Waals surface area (Å²) in [5.74, 6) is 0.592. The molecule has 3 aromatic rings. The number of hydrogen-bond donors (Lipinski definition) is 1. The van der Waals surface area contributed by atoms with Crippen LogP contribution in [0.3, 0.4) is 0 Å². The number of carbonyl (C=O) groups is 1. The van der Waals surface area contributed by atoms with E-state index < -0.39 is 0 Å². The van der Waals surface area contributed by atoms with Crippen molar-refractivity contribution in [2.45, 2.75) is 38.0 Å². The summed E-state index contributed by atoms with van der Waals surface area (Å²) < 4.78 is 6.74. The van der Waals surface area contributed by atoms with Crippen LogP contribution in [0.1, 0.15) is 26.7 Å². The second-order valence-corrected chi connectivity index (χ2v) is 8.02. The third-order valence-corrected chi connectivity index (χ3v) is 6.07. The number of fused-ring (bicyclic) bond motifs is 1. The summed E-state index contributed by atoms with van der Waals surface area (Å²) >= 11 is 9.17. The number of thioether (sulfide) groups is 1. The summed E-state index contributed by atoms with van der Waals surface area (Å²) in [6.45, 7) is 4.09. The molecular weight excluding hydrogens is 378 g/mol. The van der Waals surface area contributed by atoms with Crippen molar-refractivity contribution in [2.75, 3.05) is 5.75 Å². The normalized spacial score (nSPS) is 12.4. The molecule has 8 heteroatoms. The Hall–Kier alpha value is -1.57. The van der Waals surface area contributed by atoms with Gasteiger partial charge in [-0.2, -0.15) is 0 Å². The van der Waals surface area contributed by atoms with Crippen molar-refractivity contribution in [1.29, 1.82) is 0 Å². The molecule has 1 amide bonds. The van der Waals surface area contributed by atoms with E-state index in [4.69, 9.17) is 16.0 Å². The molecule has 2 aromatic heterocycles. The first kappa shape index (κ1) is 18.2. The minimum atomic E-state index is -0.0365. The molecule has 2 heterocycles. The highest BCUT2D eigenvalue weighted by atomic mass is 35.5. The Morgan fingerprint density at radius 1 is 1.40 bits per heavy atom. The zero-order chi connectivity index (χ0) is 17.8. The number of nitrogens with one attached hydrogen (secondary N) is 1. The van der Waals surface area contributed by atoms with Crippen molar-refractivity contribution in [3.63, 3.8) is 0 Å². The smallest absolute Gasteiger partial charge is 0.277 e. The van der Waals surface area contributed by atoms with E-state index >= 15 is 0 Å². The van der Waals surface area contributed by atoms with Gasteiger partial charge >= 0.3 is 0 Å². The van der Waals surface area contributed by atoms with Gasteiger partial charge in [0.05, 0.1) is 10.8 Å². The predicted molar refractivity (Wildman–Crippen MR) is 103 cm³/mol. The molecule has 0 bridgehead atoms. The molecule has 132 valence electrons. The van der Waals surface area contributed by atoms with Crippen LogP contribution in [0.25, 0.3) is 20.9 Å². The lowest BCUT2D eigenvalue weighted by Gasteiger charge is -2.11. The first-order valence-corrected chi connectivity index (χ1v) is 10.2. The first-order valence-electron chi connectivity index (χ1n) is 8.01. The van der Waals surface area contributed by atoms with Gasteiger partial charge in [0.2, 0.25) is 5.91 Å². The number of nitrogens with zero attached hydrogens (tertiary/aromatic N) is 2. The number of benzene rings is 1. The molecule has 0 spiro atoms. The Kier molecular flexibility index (Phi) is 5.98. The zero-order valence-electron chi connectivity index (χ0n) is 13.9. The van der Waals surface area contributed by atoms with Crippen LogP contribution in [0, 0.1) is 0 Å². The van der Waals surface area contributed by atoms with Gasteiger partial charge in [0.15, 0.2) is 0 Å². The van der Waals surface area contributed by atoms with Crippen molar-refractivity contribution in [3.8, 4) is 10.8 Å². The van der Waals surface area contributed by atoms with Gasteiger partial charge in [-0.25, -0.2) is 0 Å². The molecule has 0 fully saturated rings. The SMILES string of the molecule is CCCC(C)NC(=O)CSc1nnc(-c2sc3ccccc3c2Cl)o1. The number of carbonyl (C=O) groups excluding carboxylic acids is 1. The van der Waals surface area contributed by atoms with Gasteiger partial charge in [-0.05, 0) is 19.4 Å². The molecule has 0 aliphatic heterocycles. The fourth-order valence-electron chi connectivity index (χ4n) is 2.46. The minimum absolute atomic E-state index is 0.0365. The topological polar surface area (TPSA) is 68.0 Å². The second kappa shape index (κ2) is 8.21. The van der Waals surface area contributed by atoms with Gasteiger partial charge < -0.3 is 9.73 Å². The average molecular weight is 396 g/mol. The Morgan fingerprint density at radius 2 is 2.20 bits per heavy atom. The molecule has 0 aliphatic rings. The van der Waals surface area contributed by atoms with Crippen molar-refractivity contribution in [1.82, 2.24) is 15.5 Å². The van der Waals surface area contributed by atoms with Crippen molar-refractivity contribution < 1.29 is 9.21 Å². The number of amides is 1. The van der Waals surface area contributed by atoms with Crippen LogP contribution in [-0.4, -0.2) is 27.9 Å². The first-order chi connectivity index (χ1) is 12.1. The molecule has 1 N–H and O–H groups in total. The van der Waals surface area contributed by atoms with Crippen LogP contribution in [0.4, 0.5) is 0 Å². The van der Waals surface area contributed by atoms with Gasteiger partial charge in [-0.15, -0.1) is 21.5 Å². The van der Waals surface area contributed by atoms with E-state index in [1.165, 1.54) is 23.1 Å². The van der Waals surface area contributed by atoms with Crippen molar-refractivity contribution >= 4 is 50.7 Å². The maximum Gasteiger partial charge on any atom is 0.277 e. The van der Waals surface area contributed by atoms with Gasteiger partial charge in [-0.1, -0.05) is 54.9 Å². The maximum absolute atomic E-state index is 11.9. The van der Waals surface area contributed by atoms with Crippen LogP contribution < -0.4 is 5.32 Å². The maximum atomic E-state index is 11.9. The number of rotatable bonds is 7. The lowest BCUT2D eigenvalue weighted by atomic mass is 10.2. The molecule has 0 radical (unpaired) electrons. The lowest BCUT2D eigenvalue weighted by molar-refractivity contribution is -0.119. The van der Waals surface area contributed by atoms with E-state index in [1.807, 2.05) is 31.2 Å². The molecule has 0 saturated carbocycles. The van der Waals surface area contributed by atoms with E-state index in [0.29, 0.717) is 16.1 Å². The summed E-state index contributed by atoms with van der Waals surface area (Å²) in [7, 11) is 0. The van der Waals surface area contributed by atoms with Gasteiger partial charge in [0.25, 0.3) is 11.1 Å². The fourth-order valence-corrected chi connectivity index (χ4v) is 4.47. The minimum Gasteiger partial charge on any atom is -0.410 e. The Labute approximate surface area is 159 Å². The Morgan fingerprint density at radius 3 is 2.96 bits per heavy atom. The van der Waals surface area contributed by atoms with Crippen LogP contribution in [0.15, 0.2) is 33.9 Å². The number of halogens is 1.